The first-order valence-corrected chi connectivity index (χ1v) is 5.13. The first kappa shape index (κ1) is 9.53. The Kier molecular flexibility index (Phi) is 2.73. The van der Waals surface area contributed by atoms with Gasteiger partial charge in [0.25, 0.3) is 0 Å². The van der Waals surface area contributed by atoms with Crippen LogP contribution in [0.3, 0.4) is 0 Å². The van der Waals surface area contributed by atoms with Crippen LogP contribution in [0.5, 0.6) is 5.75 Å². The third-order valence-electron chi connectivity index (χ3n) is 2.43. The van der Waals surface area contributed by atoms with Crippen molar-refractivity contribution in [3.63, 3.8) is 0 Å². The molecule has 1 aliphatic heterocycles. The summed E-state index contributed by atoms with van der Waals surface area (Å²) in [4.78, 5) is 0. The van der Waals surface area contributed by atoms with Crippen LogP contribution in [0.4, 0.5) is 0 Å². The molecule has 0 unspecified atom stereocenters. The molecular formula is C12H16O2. The minimum atomic E-state index is 0.334. The molecule has 0 aliphatic carbocycles. The average Bonchev–Trinajstić information content (AvgIpc) is 2.98. The lowest BCUT2D eigenvalue weighted by Gasteiger charge is -2.09. The third kappa shape index (κ3) is 2.26. The summed E-state index contributed by atoms with van der Waals surface area (Å²) in [6.07, 6.45) is 1.35. The fourth-order valence-electron chi connectivity index (χ4n) is 1.44. The minimum absolute atomic E-state index is 0.334. The van der Waals surface area contributed by atoms with Crippen molar-refractivity contribution in [3.8, 4) is 5.75 Å². The van der Waals surface area contributed by atoms with Gasteiger partial charge in [-0.2, -0.15) is 0 Å². The quantitative estimate of drug-likeness (QED) is 0.683. The van der Waals surface area contributed by atoms with Gasteiger partial charge in [-0.05, 0) is 30.5 Å². The predicted molar refractivity (Wildman–Crippen MR) is 55.8 cm³/mol. The number of epoxide rings is 1. The maximum atomic E-state index is 5.71. The lowest BCUT2D eigenvalue weighted by Crippen LogP contribution is -2.05. The molecule has 2 rings (SSSR count). The monoisotopic (exact) mass is 192 g/mol. The van der Waals surface area contributed by atoms with E-state index < -0.39 is 0 Å². The van der Waals surface area contributed by atoms with Crippen molar-refractivity contribution in [2.75, 3.05) is 13.2 Å². The van der Waals surface area contributed by atoms with Crippen LogP contribution in [-0.4, -0.2) is 19.3 Å². The van der Waals surface area contributed by atoms with E-state index in [9.17, 15) is 0 Å². The zero-order chi connectivity index (χ0) is 9.97. The van der Waals surface area contributed by atoms with Crippen LogP contribution in [0.15, 0.2) is 18.2 Å². The number of aryl methyl sites for hydroxylation is 2. The Balaban J connectivity index is 2.07. The van der Waals surface area contributed by atoms with Gasteiger partial charge in [0.05, 0.1) is 6.61 Å². The molecule has 1 saturated heterocycles. The molecule has 1 atom stereocenters. The Morgan fingerprint density at radius 1 is 1.50 bits per heavy atom. The molecule has 1 aliphatic rings. The standard InChI is InChI=1S/C12H16O2/c1-3-10-5-4-9(2)6-12(10)14-8-11-7-13-11/h4-6,11H,3,7-8H2,1-2H3/t11-/m0/s1. The number of ether oxygens (including phenoxy) is 2. The van der Waals surface area contributed by atoms with Crippen molar-refractivity contribution in [1.29, 1.82) is 0 Å². The van der Waals surface area contributed by atoms with Crippen molar-refractivity contribution >= 4 is 0 Å². The highest BCUT2D eigenvalue weighted by molar-refractivity contribution is 5.37. The van der Waals surface area contributed by atoms with Crippen molar-refractivity contribution in [1.82, 2.24) is 0 Å². The van der Waals surface area contributed by atoms with Crippen LogP contribution < -0.4 is 4.74 Å². The fourth-order valence-corrected chi connectivity index (χ4v) is 1.44. The lowest BCUT2D eigenvalue weighted by atomic mass is 10.1. The summed E-state index contributed by atoms with van der Waals surface area (Å²) in [5, 5.41) is 0. The second-order valence-corrected chi connectivity index (χ2v) is 3.73. The van der Waals surface area contributed by atoms with E-state index in [0.717, 1.165) is 18.8 Å². The zero-order valence-corrected chi connectivity index (χ0v) is 8.75. The van der Waals surface area contributed by atoms with Gasteiger partial charge >= 0.3 is 0 Å². The highest BCUT2D eigenvalue weighted by Crippen LogP contribution is 2.22. The SMILES string of the molecule is CCc1ccc(C)cc1OC[C@@H]1CO1. The first-order valence-electron chi connectivity index (χ1n) is 5.13. The van der Waals surface area contributed by atoms with Crippen LogP contribution in [0, 0.1) is 6.92 Å². The summed E-state index contributed by atoms with van der Waals surface area (Å²) < 4.78 is 10.8. The molecule has 1 heterocycles. The molecule has 1 aromatic carbocycles. The molecule has 1 fully saturated rings. The van der Waals surface area contributed by atoms with Gasteiger partial charge in [-0.15, -0.1) is 0 Å². The molecule has 2 heteroatoms. The Labute approximate surface area is 84.8 Å². The van der Waals surface area contributed by atoms with Crippen molar-refractivity contribution in [2.24, 2.45) is 0 Å². The second-order valence-electron chi connectivity index (χ2n) is 3.73. The van der Waals surface area contributed by atoms with Crippen molar-refractivity contribution in [3.05, 3.63) is 29.3 Å². The summed E-state index contributed by atoms with van der Waals surface area (Å²) in [7, 11) is 0. The number of benzene rings is 1. The highest BCUT2D eigenvalue weighted by Gasteiger charge is 2.23. The average molecular weight is 192 g/mol. The molecule has 0 saturated carbocycles. The molecule has 0 radical (unpaired) electrons. The van der Waals surface area contributed by atoms with Gasteiger partial charge in [0.2, 0.25) is 0 Å². The Bertz CT molecular complexity index is 316. The molecule has 0 amide bonds. The normalized spacial score (nSPS) is 19.4. The Morgan fingerprint density at radius 3 is 2.93 bits per heavy atom. The minimum Gasteiger partial charge on any atom is -0.490 e. The van der Waals surface area contributed by atoms with E-state index in [-0.39, 0.29) is 0 Å². The molecule has 0 bridgehead atoms. The number of hydrogen-bond donors (Lipinski definition) is 0. The summed E-state index contributed by atoms with van der Waals surface area (Å²) in [6, 6.07) is 6.36. The van der Waals surface area contributed by atoms with Crippen LogP contribution in [0.2, 0.25) is 0 Å². The van der Waals surface area contributed by atoms with Gasteiger partial charge in [-0.25, -0.2) is 0 Å². The van der Waals surface area contributed by atoms with Crippen LogP contribution in [-0.2, 0) is 11.2 Å². The van der Waals surface area contributed by atoms with Crippen LogP contribution in [0.1, 0.15) is 18.1 Å². The zero-order valence-electron chi connectivity index (χ0n) is 8.75. The van der Waals surface area contributed by atoms with E-state index in [2.05, 4.69) is 32.0 Å². The maximum Gasteiger partial charge on any atom is 0.122 e. The molecule has 0 N–H and O–H groups in total. The maximum absolute atomic E-state index is 5.71. The first-order chi connectivity index (χ1) is 6.79. The van der Waals surface area contributed by atoms with Gasteiger partial charge in [-0.3, -0.25) is 0 Å². The molecule has 76 valence electrons. The highest BCUT2D eigenvalue weighted by atomic mass is 16.6. The van der Waals surface area contributed by atoms with Gasteiger partial charge < -0.3 is 9.47 Å². The summed E-state index contributed by atoms with van der Waals surface area (Å²) in [5.41, 5.74) is 2.52. The smallest absolute Gasteiger partial charge is 0.122 e. The van der Waals surface area contributed by atoms with Gasteiger partial charge in [-0.1, -0.05) is 19.1 Å². The fraction of sp³-hybridized carbons (Fsp3) is 0.500. The second kappa shape index (κ2) is 4.01. The lowest BCUT2D eigenvalue weighted by molar-refractivity contribution is 0.261. The largest absolute Gasteiger partial charge is 0.490 e. The van der Waals surface area contributed by atoms with E-state index in [1.807, 2.05) is 0 Å². The van der Waals surface area contributed by atoms with Crippen molar-refractivity contribution < 1.29 is 9.47 Å². The van der Waals surface area contributed by atoms with E-state index in [4.69, 9.17) is 9.47 Å². The van der Waals surface area contributed by atoms with Crippen LogP contribution in [0.25, 0.3) is 0 Å². The Morgan fingerprint density at radius 2 is 2.29 bits per heavy atom. The van der Waals surface area contributed by atoms with Gasteiger partial charge in [0.1, 0.15) is 18.5 Å². The molecule has 0 spiro atoms. The van der Waals surface area contributed by atoms with E-state index >= 15 is 0 Å². The molecule has 14 heavy (non-hydrogen) atoms. The third-order valence-corrected chi connectivity index (χ3v) is 2.43. The van der Waals surface area contributed by atoms with Gasteiger partial charge in [0, 0.05) is 0 Å². The molecule has 1 aromatic rings. The number of hydrogen-bond acceptors (Lipinski definition) is 2. The topological polar surface area (TPSA) is 21.8 Å². The Hall–Kier alpha value is -1.02. The van der Waals surface area contributed by atoms with Gasteiger partial charge in [0.15, 0.2) is 0 Å². The predicted octanol–water partition coefficient (Wildman–Crippen LogP) is 2.34. The summed E-state index contributed by atoms with van der Waals surface area (Å²) >= 11 is 0. The van der Waals surface area contributed by atoms with E-state index in [1.54, 1.807) is 0 Å². The number of rotatable bonds is 4. The van der Waals surface area contributed by atoms with Crippen LogP contribution >= 0.6 is 0 Å². The molecular weight excluding hydrogens is 176 g/mol. The molecule has 0 aromatic heterocycles. The van der Waals surface area contributed by atoms with Crippen molar-refractivity contribution in [2.45, 2.75) is 26.4 Å². The summed E-state index contributed by atoms with van der Waals surface area (Å²) in [6.45, 7) is 5.77. The summed E-state index contributed by atoms with van der Waals surface area (Å²) in [5.74, 6) is 1.02. The molecule has 2 nitrogen and oxygen atoms in total. The van der Waals surface area contributed by atoms with E-state index in [0.29, 0.717) is 12.7 Å². The van der Waals surface area contributed by atoms with E-state index in [1.165, 1.54) is 11.1 Å².